The number of anilines is 5. The monoisotopic (exact) mass is 921 g/mol. The maximum atomic E-state index is 2.79. The Kier molecular flexibility index (Phi) is 9.53. The molecule has 0 saturated heterocycles. The first-order valence-corrected chi connectivity index (χ1v) is 26.6. The van der Waals surface area contributed by atoms with Gasteiger partial charge >= 0.3 is 6.85 Å². The predicted octanol–water partition coefficient (Wildman–Crippen LogP) is 17.3. The van der Waals surface area contributed by atoms with Crippen molar-refractivity contribution in [1.82, 2.24) is 0 Å². The molecule has 0 spiro atoms. The molecule has 0 amide bonds. The van der Waals surface area contributed by atoms with Crippen LogP contribution in [-0.4, -0.2) is 6.85 Å². The molecule has 0 atom stereocenters. The van der Waals surface area contributed by atoms with Crippen molar-refractivity contribution in [2.45, 2.75) is 150 Å². The van der Waals surface area contributed by atoms with Crippen LogP contribution in [0.4, 0.5) is 28.4 Å². The number of rotatable bonds is 3. The van der Waals surface area contributed by atoms with Gasteiger partial charge in [-0.2, -0.15) is 0 Å². The SMILES string of the molecule is Cc1cc2c(cc1N1c3cc(-c4c(C)cccc4C)cc4c3B(c3c1ccc1sc5ccccc5c31)N(c1ccc(C(C)(C)C)cc1)c1cc3c(cc1-4)C(C)(C)CCC3(C)C)C(C)(C)CCC2(C)C. The van der Waals surface area contributed by atoms with E-state index in [4.69, 9.17) is 0 Å². The lowest BCUT2D eigenvalue weighted by Gasteiger charge is -2.49. The minimum Gasteiger partial charge on any atom is -0.376 e. The van der Waals surface area contributed by atoms with Crippen molar-refractivity contribution in [3.05, 3.63) is 160 Å². The first kappa shape index (κ1) is 44.6. The molecule has 4 aliphatic rings. The minimum atomic E-state index is -0.103. The summed E-state index contributed by atoms with van der Waals surface area (Å²) in [5.74, 6) is 0. The lowest BCUT2D eigenvalue weighted by Crippen LogP contribution is -2.62. The lowest BCUT2D eigenvalue weighted by atomic mass is 9.42. The second-order valence-electron chi connectivity index (χ2n) is 25.2. The van der Waals surface area contributed by atoms with Crippen molar-refractivity contribution < 1.29 is 0 Å². The largest absolute Gasteiger partial charge is 0.376 e. The Bertz CT molecular complexity index is 3460. The summed E-state index contributed by atoms with van der Waals surface area (Å²) in [6, 6.07) is 46.3. The zero-order chi connectivity index (χ0) is 48.5. The Hall–Kier alpha value is -5.58. The lowest BCUT2D eigenvalue weighted by molar-refractivity contribution is 0.332. The number of nitrogens with zero attached hydrogens (tertiary/aromatic N) is 2. The van der Waals surface area contributed by atoms with E-state index < -0.39 is 0 Å². The molecule has 0 bridgehead atoms. The molecular weight excluding hydrogens is 852 g/mol. The van der Waals surface area contributed by atoms with E-state index in [1.807, 2.05) is 11.3 Å². The summed E-state index contributed by atoms with van der Waals surface area (Å²) in [7, 11) is 0. The second-order valence-corrected chi connectivity index (χ2v) is 26.3. The highest BCUT2D eigenvalue weighted by Crippen LogP contribution is 2.56. The van der Waals surface area contributed by atoms with Crippen molar-refractivity contribution in [3.8, 4) is 22.3 Å². The highest BCUT2D eigenvalue weighted by atomic mass is 32.1. The zero-order valence-corrected chi connectivity index (χ0v) is 44.5. The van der Waals surface area contributed by atoms with E-state index >= 15 is 0 Å². The predicted molar refractivity (Wildman–Crippen MR) is 302 cm³/mol. The number of hydrogen-bond acceptors (Lipinski definition) is 3. The first-order chi connectivity index (χ1) is 32.6. The molecule has 0 fully saturated rings. The number of benzene rings is 7. The average molecular weight is 921 g/mol. The maximum Gasteiger partial charge on any atom is 0.333 e. The van der Waals surface area contributed by atoms with Gasteiger partial charge in [0.2, 0.25) is 0 Å². The Balaban J connectivity index is 1.28. The van der Waals surface area contributed by atoms with E-state index in [0.717, 1.165) is 0 Å². The standard InChI is InChI=1S/C65H69BN2S/c1-38-18-17-19-39(2)57(38)41-33-46-45-35-48-50(65(13,14)31-29-63(48,9)10)37-53(45)68(43-24-22-42(23-25-43)61(4,5)6)66-59(46)54(34-41)67(51-26-27-56-58(60(51)66)44-20-15-16-21-55(44)69-56)52-36-49-47(32-40(52)3)62(7,8)28-30-64(49,11)12/h15-27,32-37H,28-31H2,1-14H3. The molecule has 0 N–H and O–H groups in total. The topological polar surface area (TPSA) is 6.48 Å². The molecule has 8 aromatic rings. The maximum absolute atomic E-state index is 2.79. The van der Waals surface area contributed by atoms with Crippen molar-refractivity contribution in [2.75, 3.05) is 9.71 Å². The number of fused-ring (bicyclic) bond motifs is 10. The van der Waals surface area contributed by atoms with Crippen LogP contribution in [0.3, 0.4) is 0 Å². The van der Waals surface area contributed by atoms with Gasteiger partial charge in [-0.25, -0.2) is 0 Å². The Labute approximate surface area is 416 Å². The minimum absolute atomic E-state index is 0.0348. The molecule has 2 nitrogen and oxygen atoms in total. The van der Waals surface area contributed by atoms with E-state index in [2.05, 4.69) is 222 Å². The fourth-order valence-electron chi connectivity index (χ4n) is 13.4. The van der Waals surface area contributed by atoms with Crippen LogP contribution in [0.2, 0.25) is 0 Å². The molecule has 0 saturated carbocycles. The molecule has 348 valence electrons. The van der Waals surface area contributed by atoms with Crippen LogP contribution < -0.4 is 20.6 Å². The van der Waals surface area contributed by atoms with Crippen molar-refractivity contribution >= 4 is 77.7 Å². The quantitative estimate of drug-likeness (QED) is 0.163. The Morgan fingerprint density at radius 1 is 0.493 bits per heavy atom. The number of hydrogen-bond donors (Lipinski definition) is 0. The summed E-state index contributed by atoms with van der Waals surface area (Å²) in [6.07, 6.45) is 4.70. The van der Waals surface area contributed by atoms with Crippen LogP contribution in [0.25, 0.3) is 42.4 Å². The van der Waals surface area contributed by atoms with Gasteiger partial charge in [0.25, 0.3) is 0 Å². The van der Waals surface area contributed by atoms with Crippen molar-refractivity contribution in [2.24, 2.45) is 0 Å². The summed E-state index contributed by atoms with van der Waals surface area (Å²) in [5, 5.41) is 2.73. The molecule has 0 unspecified atom stereocenters. The highest BCUT2D eigenvalue weighted by Gasteiger charge is 2.49. The molecule has 0 radical (unpaired) electrons. The first-order valence-electron chi connectivity index (χ1n) is 25.8. The van der Waals surface area contributed by atoms with E-state index in [-0.39, 0.29) is 33.9 Å². The highest BCUT2D eigenvalue weighted by molar-refractivity contribution is 7.26. The van der Waals surface area contributed by atoms with E-state index in [1.54, 1.807) is 0 Å². The van der Waals surface area contributed by atoms with Gasteiger partial charge in [0, 0.05) is 43.4 Å². The number of aryl methyl sites for hydroxylation is 3. The molecule has 4 heteroatoms. The third kappa shape index (κ3) is 6.56. The summed E-state index contributed by atoms with van der Waals surface area (Å²) in [6.45, 7) is 33.7. The van der Waals surface area contributed by atoms with Crippen molar-refractivity contribution in [3.63, 3.8) is 0 Å². The molecule has 7 aromatic carbocycles. The van der Waals surface area contributed by atoms with Gasteiger partial charge in [0.15, 0.2) is 0 Å². The van der Waals surface area contributed by atoms with Gasteiger partial charge < -0.3 is 9.71 Å². The molecule has 3 heterocycles. The van der Waals surface area contributed by atoms with Crippen LogP contribution in [0.15, 0.2) is 115 Å². The summed E-state index contributed by atoms with van der Waals surface area (Å²) in [4.78, 5) is 5.52. The van der Waals surface area contributed by atoms with Crippen LogP contribution in [-0.2, 0) is 27.1 Å². The summed E-state index contributed by atoms with van der Waals surface area (Å²) in [5.41, 5.74) is 26.1. The van der Waals surface area contributed by atoms with Crippen LogP contribution in [0.1, 0.15) is 146 Å². The molecule has 1 aromatic heterocycles. The van der Waals surface area contributed by atoms with Gasteiger partial charge in [-0.3, -0.25) is 0 Å². The molecule has 2 aliphatic heterocycles. The average Bonchev–Trinajstić information content (AvgIpc) is 3.68. The fourth-order valence-corrected chi connectivity index (χ4v) is 14.5. The molecule has 2 aliphatic carbocycles. The normalized spacial score (nSPS) is 18.1. The molecule has 69 heavy (non-hydrogen) atoms. The van der Waals surface area contributed by atoms with Gasteiger partial charge in [-0.15, -0.1) is 11.3 Å². The van der Waals surface area contributed by atoms with Crippen LogP contribution >= 0.6 is 11.3 Å². The van der Waals surface area contributed by atoms with Crippen LogP contribution in [0, 0.1) is 20.8 Å². The third-order valence-corrected chi connectivity index (χ3v) is 18.9. The Morgan fingerprint density at radius 3 is 1.70 bits per heavy atom. The number of thiophene rings is 1. The van der Waals surface area contributed by atoms with E-state index in [0.29, 0.717) is 0 Å². The molecule has 12 rings (SSSR count). The van der Waals surface area contributed by atoms with Crippen molar-refractivity contribution in [1.29, 1.82) is 0 Å². The summed E-state index contributed by atoms with van der Waals surface area (Å²) < 4.78 is 2.69. The second kappa shape index (κ2) is 14.7. The summed E-state index contributed by atoms with van der Waals surface area (Å²) >= 11 is 1.94. The Morgan fingerprint density at radius 2 is 1.07 bits per heavy atom. The zero-order valence-electron chi connectivity index (χ0n) is 43.7. The fraction of sp³-hybridized carbons (Fsp3) is 0.354. The third-order valence-electron chi connectivity index (χ3n) is 17.7. The van der Waals surface area contributed by atoms with Gasteiger partial charge in [0.05, 0.1) is 0 Å². The van der Waals surface area contributed by atoms with Gasteiger partial charge in [0.1, 0.15) is 0 Å². The van der Waals surface area contributed by atoms with Crippen LogP contribution in [0.5, 0.6) is 0 Å². The van der Waals surface area contributed by atoms with E-state index in [1.165, 1.54) is 152 Å². The molecular formula is C65H69BN2S. The van der Waals surface area contributed by atoms with E-state index in [9.17, 15) is 0 Å². The van der Waals surface area contributed by atoms with Gasteiger partial charge in [-0.05, 0) is 217 Å². The smallest absolute Gasteiger partial charge is 0.333 e. The van der Waals surface area contributed by atoms with Gasteiger partial charge in [-0.1, -0.05) is 131 Å².